The van der Waals surface area contributed by atoms with Crippen molar-refractivity contribution in [3.8, 4) is 33.4 Å². The lowest BCUT2D eigenvalue weighted by atomic mass is 9.79. The summed E-state index contributed by atoms with van der Waals surface area (Å²) in [5, 5.41) is 7.74. The monoisotopic (exact) mass is 689 g/mol. The number of allylic oxidation sites excluding steroid dienone is 4. The Morgan fingerprint density at radius 3 is 1.80 bits per heavy atom. The number of benzene rings is 8. The van der Waals surface area contributed by atoms with E-state index in [1.165, 1.54) is 105 Å². The lowest BCUT2D eigenvalue weighted by Crippen LogP contribution is -2.18. The van der Waals surface area contributed by atoms with E-state index in [0.29, 0.717) is 0 Å². The van der Waals surface area contributed by atoms with E-state index in [1.807, 2.05) is 0 Å². The average Bonchev–Trinajstić information content (AvgIpc) is 3.33. The van der Waals surface area contributed by atoms with Crippen molar-refractivity contribution in [1.29, 1.82) is 0 Å². The topological polar surface area (TPSA) is 3.24 Å². The smallest absolute Gasteiger partial charge is 0.0531 e. The van der Waals surface area contributed by atoms with Gasteiger partial charge < -0.3 is 4.90 Å². The lowest BCUT2D eigenvalue weighted by molar-refractivity contribution is 0.661. The Balaban J connectivity index is 1.18. The zero-order valence-corrected chi connectivity index (χ0v) is 30.6. The molecule has 0 aromatic heterocycles. The van der Waals surface area contributed by atoms with Crippen LogP contribution in [0, 0.1) is 0 Å². The minimum Gasteiger partial charge on any atom is -0.313 e. The summed E-state index contributed by atoms with van der Waals surface area (Å²) in [5.41, 5.74) is 16.8. The first-order valence-electron chi connectivity index (χ1n) is 19.3. The van der Waals surface area contributed by atoms with Gasteiger partial charge >= 0.3 is 0 Å². The van der Waals surface area contributed by atoms with Crippen LogP contribution in [0.1, 0.15) is 48.9 Å². The summed E-state index contributed by atoms with van der Waals surface area (Å²) >= 11 is 0. The lowest BCUT2D eigenvalue weighted by Gasteiger charge is -2.30. The molecule has 0 fully saturated rings. The van der Waals surface area contributed by atoms with Gasteiger partial charge in [-0.25, -0.2) is 0 Å². The van der Waals surface area contributed by atoms with Crippen molar-refractivity contribution in [2.75, 3.05) is 4.90 Å². The van der Waals surface area contributed by atoms with Crippen molar-refractivity contribution in [2.24, 2.45) is 0 Å². The molecule has 0 atom stereocenters. The third kappa shape index (κ3) is 4.45. The molecule has 8 aromatic rings. The molecule has 54 heavy (non-hydrogen) atoms. The minimum absolute atomic E-state index is 0.108. The van der Waals surface area contributed by atoms with Gasteiger partial charge in [-0.15, -0.1) is 0 Å². The van der Waals surface area contributed by atoms with Gasteiger partial charge in [-0.05, 0) is 131 Å². The Bertz CT molecular complexity index is 2910. The number of hydrogen-bond acceptors (Lipinski definition) is 1. The van der Waals surface area contributed by atoms with Gasteiger partial charge in [-0.1, -0.05) is 159 Å². The highest BCUT2D eigenvalue weighted by molar-refractivity contribution is 6.24. The second-order valence-electron chi connectivity index (χ2n) is 15.5. The van der Waals surface area contributed by atoms with Crippen LogP contribution in [0.2, 0.25) is 0 Å². The van der Waals surface area contributed by atoms with E-state index in [0.717, 1.165) is 12.8 Å². The maximum atomic E-state index is 2.53. The molecule has 1 aliphatic heterocycles. The number of rotatable bonds is 3. The number of para-hydroxylation sites is 1. The van der Waals surface area contributed by atoms with Crippen LogP contribution in [-0.2, 0) is 5.41 Å². The molecule has 1 heteroatoms. The van der Waals surface area contributed by atoms with Gasteiger partial charge in [-0.3, -0.25) is 0 Å². The standard InChI is InChI=1S/C53H39N/c1-53(2)46-26-14-13-25-44(46)52-39-20-8-7-19-38(39)45(33-47(52)53)51-42-23-11-9-21-40(42)50(41-22-10-12-24-43(41)51)36-30-31-49-35(32-36)29-28-34-16-6-15-27-48(34)54(49)37-17-4-3-5-18-37/h3-4,6-17,19-33H,5,18H2,1-2H3. The predicted molar refractivity (Wildman–Crippen MR) is 231 cm³/mol. The summed E-state index contributed by atoms with van der Waals surface area (Å²) in [6.45, 7) is 4.78. The quantitative estimate of drug-likeness (QED) is 0.167. The minimum atomic E-state index is -0.108. The van der Waals surface area contributed by atoms with E-state index in [4.69, 9.17) is 0 Å². The first-order chi connectivity index (χ1) is 26.6. The van der Waals surface area contributed by atoms with E-state index >= 15 is 0 Å². The van der Waals surface area contributed by atoms with Crippen molar-refractivity contribution in [1.82, 2.24) is 0 Å². The SMILES string of the molecule is CC1(C)c2ccccc2-c2c1cc(-c1c3ccccc3c(-c3ccc4c(c3)C=Cc3ccccc3N4C3=CC=CCC3)c3ccccc13)c1ccccc21. The maximum Gasteiger partial charge on any atom is 0.0531 e. The maximum absolute atomic E-state index is 2.53. The van der Waals surface area contributed by atoms with Gasteiger partial charge in [-0.2, -0.15) is 0 Å². The summed E-state index contributed by atoms with van der Waals surface area (Å²) in [7, 11) is 0. The Morgan fingerprint density at radius 1 is 0.481 bits per heavy atom. The normalized spacial score (nSPS) is 15.1. The number of fused-ring (bicyclic) bond motifs is 9. The molecule has 0 bridgehead atoms. The van der Waals surface area contributed by atoms with Crippen molar-refractivity contribution in [3.63, 3.8) is 0 Å². The summed E-state index contributed by atoms with van der Waals surface area (Å²) in [4.78, 5) is 2.48. The van der Waals surface area contributed by atoms with Crippen LogP contribution in [0.3, 0.4) is 0 Å². The fraction of sp³-hybridized carbons (Fsp3) is 0.0943. The molecule has 11 rings (SSSR count). The van der Waals surface area contributed by atoms with E-state index in [2.05, 4.69) is 195 Å². The molecule has 0 radical (unpaired) electrons. The molecule has 0 saturated heterocycles. The largest absolute Gasteiger partial charge is 0.313 e. The molecular weight excluding hydrogens is 651 g/mol. The third-order valence-electron chi connectivity index (χ3n) is 12.2. The van der Waals surface area contributed by atoms with Crippen LogP contribution in [0.15, 0.2) is 170 Å². The van der Waals surface area contributed by atoms with Gasteiger partial charge in [0.05, 0.1) is 11.4 Å². The Labute approximate surface area is 316 Å². The fourth-order valence-electron chi connectivity index (χ4n) is 9.76. The molecule has 0 saturated carbocycles. The van der Waals surface area contributed by atoms with E-state index in [-0.39, 0.29) is 5.41 Å². The van der Waals surface area contributed by atoms with Crippen LogP contribution in [0.5, 0.6) is 0 Å². The highest BCUT2D eigenvalue weighted by Crippen LogP contribution is 2.55. The first kappa shape index (κ1) is 31.1. The summed E-state index contributed by atoms with van der Waals surface area (Å²) in [5.74, 6) is 0. The van der Waals surface area contributed by atoms with E-state index in [1.54, 1.807) is 0 Å². The van der Waals surface area contributed by atoms with Crippen molar-refractivity contribution < 1.29 is 0 Å². The third-order valence-corrected chi connectivity index (χ3v) is 12.2. The molecule has 2 aliphatic carbocycles. The van der Waals surface area contributed by atoms with Crippen LogP contribution >= 0.6 is 0 Å². The molecule has 256 valence electrons. The number of nitrogens with zero attached hydrogens (tertiary/aromatic N) is 1. The molecule has 0 spiro atoms. The average molecular weight is 690 g/mol. The highest BCUT2D eigenvalue weighted by atomic mass is 15.2. The summed E-state index contributed by atoms with van der Waals surface area (Å²) in [6.07, 6.45) is 13.4. The van der Waals surface area contributed by atoms with Crippen LogP contribution in [0.4, 0.5) is 11.4 Å². The highest BCUT2D eigenvalue weighted by Gasteiger charge is 2.37. The Morgan fingerprint density at radius 2 is 1.07 bits per heavy atom. The molecule has 1 nitrogen and oxygen atoms in total. The van der Waals surface area contributed by atoms with Crippen LogP contribution < -0.4 is 4.90 Å². The fourth-order valence-corrected chi connectivity index (χ4v) is 9.76. The van der Waals surface area contributed by atoms with Crippen molar-refractivity contribution in [3.05, 3.63) is 192 Å². The van der Waals surface area contributed by atoms with Gasteiger partial charge in [0.25, 0.3) is 0 Å². The van der Waals surface area contributed by atoms with Crippen LogP contribution in [-0.4, -0.2) is 0 Å². The molecule has 0 unspecified atom stereocenters. The van der Waals surface area contributed by atoms with E-state index in [9.17, 15) is 0 Å². The number of hydrogen-bond donors (Lipinski definition) is 0. The first-order valence-corrected chi connectivity index (χ1v) is 19.3. The second-order valence-corrected chi connectivity index (χ2v) is 15.5. The van der Waals surface area contributed by atoms with Gasteiger partial charge in [0, 0.05) is 11.1 Å². The van der Waals surface area contributed by atoms with Crippen molar-refractivity contribution in [2.45, 2.75) is 32.1 Å². The molecule has 0 N–H and O–H groups in total. The molecular formula is C53H39N. The Hall–Kier alpha value is -6.44. The zero-order valence-electron chi connectivity index (χ0n) is 30.6. The molecule has 1 heterocycles. The van der Waals surface area contributed by atoms with Gasteiger partial charge in [0.15, 0.2) is 0 Å². The predicted octanol–water partition coefficient (Wildman–Crippen LogP) is 14.6. The van der Waals surface area contributed by atoms with Crippen molar-refractivity contribution >= 4 is 55.8 Å². The van der Waals surface area contributed by atoms with Gasteiger partial charge in [0.2, 0.25) is 0 Å². The van der Waals surface area contributed by atoms with Gasteiger partial charge in [0.1, 0.15) is 0 Å². The second kappa shape index (κ2) is 11.8. The summed E-state index contributed by atoms with van der Waals surface area (Å²) < 4.78 is 0. The molecule has 0 amide bonds. The molecule has 3 aliphatic rings. The Kier molecular flexibility index (Phi) is 6.79. The van der Waals surface area contributed by atoms with Crippen LogP contribution in [0.25, 0.3) is 77.9 Å². The molecule has 8 aromatic carbocycles. The van der Waals surface area contributed by atoms with E-state index < -0.39 is 0 Å². The zero-order chi connectivity index (χ0) is 36.0. The summed E-state index contributed by atoms with van der Waals surface area (Å²) in [6, 6.07) is 54.7. The number of anilines is 2.